The van der Waals surface area contributed by atoms with Crippen LogP contribution < -0.4 is 9.47 Å². The van der Waals surface area contributed by atoms with Crippen LogP contribution in [0.4, 0.5) is 0 Å². The van der Waals surface area contributed by atoms with Crippen molar-refractivity contribution in [3.05, 3.63) is 72.8 Å². The highest BCUT2D eigenvalue weighted by Crippen LogP contribution is 2.37. The van der Waals surface area contributed by atoms with Crippen LogP contribution in [0.25, 0.3) is 11.3 Å². The van der Waals surface area contributed by atoms with Gasteiger partial charge in [-0.3, -0.25) is 4.90 Å². The predicted molar refractivity (Wildman–Crippen MR) is 139 cm³/mol. The number of aryl methyl sites for hydroxylation is 1. The van der Waals surface area contributed by atoms with E-state index >= 15 is 0 Å². The van der Waals surface area contributed by atoms with Crippen molar-refractivity contribution in [1.82, 2.24) is 14.7 Å². The molecule has 1 heterocycles. The summed E-state index contributed by atoms with van der Waals surface area (Å²) in [5.74, 6) is 2.31. The van der Waals surface area contributed by atoms with E-state index in [9.17, 15) is 5.11 Å². The zero-order valence-electron chi connectivity index (χ0n) is 21.2. The van der Waals surface area contributed by atoms with E-state index in [0.717, 1.165) is 23.4 Å². The Morgan fingerprint density at radius 2 is 1.74 bits per heavy atom. The van der Waals surface area contributed by atoms with Gasteiger partial charge in [0.05, 0.1) is 32.0 Å². The van der Waals surface area contributed by atoms with Crippen LogP contribution in [0.2, 0.25) is 0 Å². The molecule has 0 aliphatic carbocycles. The number of ether oxygens (including phenoxy) is 3. The normalized spacial score (nSPS) is 12.2. The minimum absolute atomic E-state index is 0.254. The molecule has 2 aromatic carbocycles. The Balaban J connectivity index is 1.98. The van der Waals surface area contributed by atoms with Crippen molar-refractivity contribution in [3.8, 4) is 28.6 Å². The van der Waals surface area contributed by atoms with E-state index in [2.05, 4.69) is 25.3 Å². The molecule has 0 amide bonds. The summed E-state index contributed by atoms with van der Waals surface area (Å²) in [6.45, 7) is 10.5. The first-order chi connectivity index (χ1) is 16.9. The number of aliphatic hydroxyl groups is 1. The number of rotatable bonds is 14. The van der Waals surface area contributed by atoms with Gasteiger partial charge in [-0.2, -0.15) is 5.10 Å². The van der Waals surface area contributed by atoms with Gasteiger partial charge in [-0.15, -0.1) is 6.58 Å². The Morgan fingerprint density at radius 3 is 2.40 bits per heavy atom. The molecule has 0 fully saturated rings. The van der Waals surface area contributed by atoms with Crippen LogP contribution in [0.15, 0.2) is 67.3 Å². The molecule has 1 atom stereocenters. The summed E-state index contributed by atoms with van der Waals surface area (Å²) in [4.78, 5) is 2.23. The highest BCUT2D eigenvalue weighted by atomic mass is 16.5. The van der Waals surface area contributed by atoms with E-state index < -0.39 is 6.10 Å². The Bertz CT molecular complexity index is 1070. The second-order valence-electron chi connectivity index (χ2n) is 8.94. The quantitative estimate of drug-likeness (QED) is 0.262. The van der Waals surface area contributed by atoms with E-state index in [1.54, 1.807) is 17.9 Å². The molecule has 0 bridgehead atoms. The largest absolute Gasteiger partial charge is 0.493 e. The molecular weight excluding hydrogens is 442 g/mol. The lowest BCUT2D eigenvalue weighted by Gasteiger charge is -2.27. The first-order valence-electron chi connectivity index (χ1n) is 11.9. The molecule has 7 heteroatoms. The number of benzene rings is 2. The zero-order valence-corrected chi connectivity index (χ0v) is 21.2. The first-order valence-corrected chi connectivity index (χ1v) is 11.9. The van der Waals surface area contributed by atoms with E-state index in [1.807, 2.05) is 61.6 Å². The number of aromatic nitrogens is 2. The van der Waals surface area contributed by atoms with Gasteiger partial charge in [0.25, 0.3) is 0 Å². The molecule has 0 aliphatic rings. The molecule has 7 nitrogen and oxygen atoms in total. The molecule has 3 rings (SSSR count). The summed E-state index contributed by atoms with van der Waals surface area (Å²) in [6.07, 6.45) is 1.06. The fourth-order valence-electron chi connectivity index (χ4n) is 4.04. The first kappa shape index (κ1) is 26.5. The maximum Gasteiger partial charge on any atom is 0.222 e. The Kier molecular flexibility index (Phi) is 9.90. The van der Waals surface area contributed by atoms with Gasteiger partial charge in [-0.05, 0) is 18.1 Å². The lowest BCUT2D eigenvalue weighted by atomic mass is 10.1. The standard InChI is InChI=1S/C28H37N3O4/c1-6-16-34-20-23(32)18-31(17-21(2)3)19-24-27(22-12-8-7-9-13-22)29-30(4)28(24)35-26-15-11-10-14-25(26)33-5/h6-15,21,23,32H,1,16-20H2,2-5H3/t23-/m1/s1. The van der Waals surface area contributed by atoms with Gasteiger partial charge in [0, 0.05) is 32.2 Å². The maximum atomic E-state index is 10.6. The Labute approximate surface area is 208 Å². The van der Waals surface area contributed by atoms with Crippen molar-refractivity contribution in [2.45, 2.75) is 26.5 Å². The van der Waals surface area contributed by atoms with Crippen molar-refractivity contribution in [2.75, 3.05) is 33.4 Å². The van der Waals surface area contributed by atoms with Crippen LogP contribution in [0.3, 0.4) is 0 Å². The third-order valence-corrected chi connectivity index (χ3v) is 5.43. The molecule has 188 valence electrons. The summed E-state index contributed by atoms with van der Waals surface area (Å²) >= 11 is 0. The number of aliphatic hydroxyl groups excluding tert-OH is 1. The predicted octanol–water partition coefficient (Wildman–Crippen LogP) is 4.91. The second-order valence-corrected chi connectivity index (χ2v) is 8.94. The molecule has 0 radical (unpaired) electrons. The zero-order chi connectivity index (χ0) is 25.2. The number of hydrogen-bond acceptors (Lipinski definition) is 6. The summed E-state index contributed by atoms with van der Waals surface area (Å²) in [5.41, 5.74) is 2.81. The third kappa shape index (κ3) is 7.42. The summed E-state index contributed by atoms with van der Waals surface area (Å²) in [5, 5.41) is 15.5. The lowest BCUT2D eigenvalue weighted by Crippen LogP contribution is -2.37. The molecular formula is C28H37N3O4. The van der Waals surface area contributed by atoms with Crippen LogP contribution in [-0.2, 0) is 18.3 Å². The molecule has 0 unspecified atom stereocenters. The molecule has 1 aromatic heterocycles. The number of methoxy groups -OCH3 is 1. The monoisotopic (exact) mass is 479 g/mol. The van der Waals surface area contributed by atoms with Gasteiger partial charge in [-0.1, -0.05) is 62.4 Å². The minimum atomic E-state index is -0.621. The fraction of sp³-hybridized carbons (Fsp3) is 0.393. The molecule has 0 saturated carbocycles. The van der Waals surface area contributed by atoms with Crippen LogP contribution in [-0.4, -0.2) is 59.3 Å². The van der Waals surface area contributed by atoms with Gasteiger partial charge < -0.3 is 19.3 Å². The van der Waals surface area contributed by atoms with Crippen molar-refractivity contribution >= 4 is 0 Å². The van der Waals surface area contributed by atoms with E-state index in [1.165, 1.54) is 0 Å². The van der Waals surface area contributed by atoms with Crippen LogP contribution >= 0.6 is 0 Å². The number of nitrogens with zero attached hydrogens (tertiary/aromatic N) is 3. The summed E-state index contributed by atoms with van der Waals surface area (Å²) in [7, 11) is 3.51. The molecule has 0 spiro atoms. The van der Waals surface area contributed by atoms with Crippen molar-refractivity contribution in [1.29, 1.82) is 0 Å². The average Bonchev–Trinajstić information content (AvgIpc) is 3.14. The van der Waals surface area contributed by atoms with E-state index in [0.29, 0.717) is 43.0 Å². The highest BCUT2D eigenvalue weighted by Gasteiger charge is 2.24. The topological polar surface area (TPSA) is 69.0 Å². The van der Waals surface area contributed by atoms with Gasteiger partial charge in [0.15, 0.2) is 11.5 Å². The molecule has 1 N–H and O–H groups in total. The molecule has 0 saturated heterocycles. The summed E-state index contributed by atoms with van der Waals surface area (Å²) in [6, 6.07) is 17.7. The Morgan fingerprint density at radius 1 is 1.06 bits per heavy atom. The maximum absolute atomic E-state index is 10.6. The van der Waals surface area contributed by atoms with Gasteiger partial charge >= 0.3 is 0 Å². The van der Waals surface area contributed by atoms with Gasteiger partial charge in [-0.25, -0.2) is 4.68 Å². The molecule has 3 aromatic rings. The van der Waals surface area contributed by atoms with Crippen LogP contribution in [0.5, 0.6) is 17.4 Å². The van der Waals surface area contributed by atoms with Crippen molar-refractivity contribution in [2.24, 2.45) is 13.0 Å². The average molecular weight is 480 g/mol. The van der Waals surface area contributed by atoms with Gasteiger partial charge in [0.2, 0.25) is 5.88 Å². The SMILES string of the molecule is C=CCOC[C@H](O)CN(Cc1c(-c2ccccc2)nn(C)c1Oc1ccccc1OC)CC(C)C. The molecule has 0 aliphatic heterocycles. The van der Waals surface area contributed by atoms with E-state index in [4.69, 9.17) is 19.3 Å². The number of hydrogen-bond donors (Lipinski definition) is 1. The minimum Gasteiger partial charge on any atom is -0.493 e. The van der Waals surface area contributed by atoms with Crippen LogP contribution in [0, 0.1) is 5.92 Å². The van der Waals surface area contributed by atoms with Crippen molar-refractivity contribution in [3.63, 3.8) is 0 Å². The van der Waals surface area contributed by atoms with Crippen molar-refractivity contribution < 1.29 is 19.3 Å². The lowest BCUT2D eigenvalue weighted by molar-refractivity contribution is 0.0222. The molecule has 35 heavy (non-hydrogen) atoms. The highest BCUT2D eigenvalue weighted by molar-refractivity contribution is 5.66. The van der Waals surface area contributed by atoms with Gasteiger partial charge in [0.1, 0.15) is 5.69 Å². The summed E-state index contributed by atoms with van der Waals surface area (Å²) < 4.78 is 19.1. The third-order valence-electron chi connectivity index (χ3n) is 5.43. The second kappa shape index (κ2) is 13.1. The Hall–Kier alpha value is -3.13. The smallest absolute Gasteiger partial charge is 0.222 e. The number of para-hydroxylation sites is 2. The fourth-order valence-corrected chi connectivity index (χ4v) is 4.04. The van der Waals surface area contributed by atoms with Crippen LogP contribution in [0.1, 0.15) is 19.4 Å². The van der Waals surface area contributed by atoms with E-state index in [-0.39, 0.29) is 6.61 Å².